The van der Waals surface area contributed by atoms with Gasteiger partial charge in [-0.3, -0.25) is 0 Å². The van der Waals surface area contributed by atoms with Crippen LogP contribution in [0.25, 0.3) is 0 Å². The molecule has 1 aromatic carbocycles. The van der Waals surface area contributed by atoms with Crippen LogP contribution in [0.1, 0.15) is 12.5 Å². The van der Waals surface area contributed by atoms with Crippen molar-refractivity contribution in [3.8, 4) is 11.5 Å². The molecule has 0 atom stereocenters. The molecule has 0 aliphatic heterocycles. The Morgan fingerprint density at radius 3 is 2.69 bits per heavy atom. The number of methoxy groups -OCH3 is 1. The SMILES string of the molecule is CCOc1cc(OC)ccc1CBr. The number of hydrogen-bond donors (Lipinski definition) is 0. The van der Waals surface area contributed by atoms with Crippen LogP contribution in [-0.4, -0.2) is 13.7 Å². The van der Waals surface area contributed by atoms with Gasteiger partial charge in [-0.05, 0) is 13.0 Å². The molecular weight excluding hydrogens is 232 g/mol. The highest BCUT2D eigenvalue weighted by atomic mass is 79.9. The van der Waals surface area contributed by atoms with Gasteiger partial charge in [-0.1, -0.05) is 22.0 Å². The Kier molecular flexibility index (Phi) is 4.09. The van der Waals surface area contributed by atoms with E-state index in [1.807, 2.05) is 25.1 Å². The van der Waals surface area contributed by atoms with Gasteiger partial charge < -0.3 is 9.47 Å². The van der Waals surface area contributed by atoms with Crippen molar-refractivity contribution in [2.75, 3.05) is 13.7 Å². The first-order chi connectivity index (χ1) is 6.31. The van der Waals surface area contributed by atoms with Crippen LogP contribution in [0.15, 0.2) is 18.2 Å². The van der Waals surface area contributed by atoms with E-state index in [0.29, 0.717) is 6.61 Å². The number of alkyl halides is 1. The van der Waals surface area contributed by atoms with Gasteiger partial charge in [0.05, 0.1) is 13.7 Å². The summed E-state index contributed by atoms with van der Waals surface area (Å²) in [6, 6.07) is 5.83. The molecule has 0 amide bonds. The molecule has 0 aromatic heterocycles. The standard InChI is InChI=1S/C10H13BrO2/c1-3-13-10-6-9(12-2)5-4-8(10)7-11/h4-6H,3,7H2,1-2H3. The first kappa shape index (κ1) is 10.4. The number of rotatable bonds is 4. The zero-order valence-electron chi connectivity index (χ0n) is 7.84. The molecule has 0 saturated heterocycles. The van der Waals surface area contributed by atoms with Crippen molar-refractivity contribution in [2.24, 2.45) is 0 Å². The Morgan fingerprint density at radius 1 is 1.38 bits per heavy atom. The van der Waals surface area contributed by atoms with Gasteiger partial charge in [0.2, 0.25) is 0 Å². The van der Waals surface area contributed by atoms with E-state index >= 15 is 0 Å². The highest BCUT2D eigenvalue weighted by Gasteiger charge is 2.03. The predicted octanol–water partition coefficient (Wildman–Crippen LogP) is 2.99. The topological polar surface area (TPSA) is 18.5 Å². The zero-order chi connectivity index (χ0) is 9.68. The van der Waals surface area contributed by atoms with Crippen molar-refractivity contribution < 1.29 is 9.47 Å². The minimum Gasteiger partial charge on any atom is -0.497 e. The maximum Gasteiger partial charge on any atom is 0.127 e. The summed E-state index contributed by atoms with van der Waals surface area (Å²) in [4.78, 5) is 0. The largest absolute Gasteiger partial charge is 0.497 e. The molecular formula is C10H13BrO2. The second kappa shape index (κ2) is 5.12. The Labute approximate surface area is 87.0 Å². The Balaban J connectivity index is 2.95. The van der Waals surface area contributed by atoms with Crippen molar-refractivity contribution in [3.05, 3.63) is 23.8 Å². The average molecular weight is 245 g/mol. The molecule has 3 heteroatoms. The van der Waals surface area contributed by atoms with Crippen molar-refractivity contribution in [3.63, 3.8) is 0 Å². The summed E-state index contributed by atoms with van der Waals surface area (Å²) in [5.74, 6) is 1.71. The molecule has 2 nitrogen and oxygen atoms in total. The molecule has 0 fully saturated rings. The van der Waals surface area contributed by atoms with E-state index in [0.717, 1.165) is 22.4 Å². The van der Waals surface area contributed by atoms with E-state index in [1.165, 1.54) is 0 Å². The molecule has 0 aliphatic carbocycles. The van der Waals surface area contributed by atoms with Crippen molar-refractivity contribution in [1.82, 2.24) is 0 Å². The van der Waals surface area contributed by atoms with Gasteiger partial charge >= 0.3 is 0 Å². The third kappa shape index (κ3) is 2.62. The van der Waals surface area contributed by atoms with Crippen LogP contribution < -0.4 is 9.47 Å². The molecule has 1 aromatic rings. The predicted molar refractivity (Wildman–Crippen MR) is 56.8 cm³/mol. The molecule has 0 spiro atoms. The highest BCUT2D eigenvalue weighted by molar-refractivity contribution is 9.08. The van der Waals surface area contributed by atoms with E-state index in [9.17, 15) is 0 Å². The van der Waals surface area contributed by atoms with Gasteiger partial charge in [0.25, 0.3) is 0 Å². The lowest BCUT2D eigenvalue weighted by Crippen LogP contribution is -1.95. The average Bonchev–Trinajstić information content (AvgIpc) is 2.18. The number of halogens is 1. The quantitative estimate of drug-likeness (QED) is 0.759. The molecule has 1 rings (SSSR count). The first-order valence-corrected chi connectivity index (χ1v) is 5.29. The molecule has 0 radical (unpaired) electrons. The summed E-state index contributed by atoms with van der Waals surface area (Å²) in [7, 11) is 1.65. The molecule has 0 heterocycles. The molecule has 13 heavy (non-hydrogen) atoms. The van der Waals surface area contributed by atoms with Crippen LogP contribution >= 0.6 is 15.9 Å². The van der Waals surface area contributed by atoms with Crippen molar-refractivity contribution in [1.29, 1.82) is 0 Å². The van der Waals surface area contributed by atoms with Gasteiger partial charge in [0, 0.05) is 17.0 Å². The summed E-state index contributed by atoms with van der Waals surface area (Å²) < 4.78 is 10.6. The van der Waals surface area contributed by atoms with Gasteiger partial charge in [0.15, 0.2) is 0 Å². The van der Waals surface area contributed by atoms with Crippen LogP contribution in [0, 0.1) is 0 Å². The fourth-order valence-corrected chi connectivity index (χ4v) is 1.53. The fraction of sp³-hybridized carbons (Fsp3) is 0.400. The third-order valence-corrected chi connectivity index (χ3v) is 2.32. The Morgan fingerprint density at radius 2 is 2.15 bits per heavy atom. The summed E-state index contributed by atoms with van der Waals surface area (Å²) in [6.45, 7) is 2.64. The lowest BCUT2D eigenvalue weighted by atomic mass is 10.2. The van der Waals surface area contributed by atoms with Crippen LogP contribution in [0.2, 0.25) is 0 Å². The zero-order valence-corrected chi connectivity index (χ0v) is 9.43. The smallest absolute Gasteiger partial charge is 0.127 e. The van der Waals surface area contributed by atoms with E-state index in [1.54, 1.807) is 7.11 Å². The van der Waals surface area contributed by atoms with Gasteiger partial charge in [-0.2, -0.15) is 0 Å². The van der Waals surface area contributed by atoms with Crippen LogP contribution in [0.4, 0.5) is 0 Å². The minimum absolute atomic E-state index is 0.674. The maximum atomic E-state index is 5.46. The third-order valence-electron chi connectivity index (χ3n) is 1.72. The van der Waals surface area contributed by atoms with Gasteiger partial charge in [-0.25, -0.2) is 0 Å². The molecule has 72 valence electrons. The van der Waals surface area contributed by atoms with Crippen molar-refractivity contribution in [2.45, 2.75) is 12.3 Å². The van der Waals surface area contributed by atoms with Crippen LogP contribution in [0.3, 0.4) is 0 Å². The van der Waals surface area contributed by atoms with E-state index in [2.05, 4.69) is 15.9 Å². The first-order valence-electron chi connectivity index (χ1n) is 4.17. The van der Waals surface area contributed by atoms with Crippen LogP contribution in [-0.2, 0) is 5.33 Å². The minimum atomic E-state index is 0.674. The molecule has 0 saturated carbocycles. The summed E-state index contributed by atoms with van der Waals surface area (Å²) in [5.41, 5.74) is 1.14. The summed E-state index contributed by atoms with van der Waals surface area (Å²) in [6.07, 6.45) is 0. The highest BCUT2D eigenvalue weighted by Crippen LogP contribution is 2.26. The van der Waals surface area contributed by atoms with Gasteiger partial charge in [-0.15, -0.1) is 0 Å². The van der Waals surface area contributed by atoms with Gasteiger partial charge in [0.1, 0.15) is 11.5 Å². The number of hydrogen-bond acceptors (Lipinski definition) is 2. The Hall–Kier alpha value is -0.700. The lowest BCUT2D eigenvalue weighted by molar-refractivity contribution is 0.333. The molecule has 0 N–H and O–H groups in total. The Bertz CT molecular complexity index is 274. The van der Waals surface area contributed by atoms with Crippen molar-refractivity contribution >= 4 is 15.9 Å². The maximum absolute atomic E-state index is 5.46. The van der Waals surface area contributed by atoms with E-state index in [-0.39, 0.29) is 0 Å². The second-order valence-corrected chi connectivity index (χ2v) is 3.10. The number of benzene rings is 1. The number of ether oxygens (including phenoxy) is 2. The van der Waals surface area contributed by atoms with Crippen LogP contribution in [0.5, 0.6) is 11.5 Å². The lowest BCUT2D eigenvalue weighted by Gasteiger charge is -2.09. The van der Waals surface area contributed by atoms with E-state index < -0.39 is 0 Å². The second-order valence-electron chi connectivity index (χ2n) is 2.54. The molecule has 0 aliphatic rings. The normalized spacial score (nSPS) is 9.77. The molecule has 0 bridgehead atoms. The fourth-order valence-electron chi connectivity index (χ4n) is 1.06. The van der Waals surface area contributed by atoms with E-state index in [4.69, 9.17) is 9.47 Å². The summed E-state index contributed by atoms with van der Waals surface area (Å²) >= 11 is 3.40. The monoisotopic (exact) mass is 244 g/mol. The summed E-state index contributed by atoms with van der Waals surface area (Å²) in [5, 5.41) is 0.798. The molecule has 0 unspecified atom stereocenters.